The molecular weight excluding hydrogens is 467 g/mol. The summed E-state index contributed by atoms with van der Waals surface area (Å²) < 4.78 is 5.09. The largest absolute Gasteiger partial charge is 0.385 e. The number of anilines is 1. The summed E-state index contributed by atoms with van der Waals surface area (Å²) >= 11 is 14.1. The fourth-order valence-corrected chi connectivity index (χ4v) is 4.95. The molecule has 2 N–H and O–H groups in total. The number of methoxy groups -OCH3 is 1. The number of nitrogens with zero attached hydrogens (tertiary/aromatic N) is 4. The van der Waals surface area contributed by atoms with Gasteiger partial charge in [-0.25, -0.2) is 14.8 Å². The minimum absolute atomic E-state index is 0.461. The number of benzene rings is 1. The van der Waals surface area contributed by atoms with Crippen molar-refractivity contribution in [3.8, 4) is 32.3 Å². The monoisotopic (exact) mass is 484 g/mol. The Morgan fingerprint density at radius 2 is 2.06 bits per heavy atom. The van der Waals surface area contributed by atoms with Crippen LogP contribution in [0.25, 0.3) is 37.1 Å². The van der Waals surface area contributed by atoms with E-state index in [0.717, 1.165) is 34.1 Å². The first kappa shape index (κ1) is 22.2. The molecule has 0 aliphatic carbocycles. The molecule has 4 rings (SSSR count). The van der Waals surface area contributed by atoms with Crippen molar-refractivity contribution in [1.29, 1.82) is 0 Å². The molecule has 0 aliphatic heterocycles. The molecule has 0 radical (unpaired) electrons. The lowest BCUT2D eigenvalue weighted by Crippen LogP contribution is -2.05. The molecule has 1 aromatic carbocycles. The van der Waals surface area contributed by atoms with Gasteiger partial charge in [0.15, 0.2) is 5.82 Å². The molecular formula is C22H18Cl2N6OS. The van der Waals surface area contributed by atoms with Crippen LogP contribution in [-0.2, 0) is 4.74 Å². The molecule has 7 nitrogen and oxygen atoms in total. The van der Waals surface area contributed by atoms with Crippen molar-refractivity contribution in [3.63, 3.8) is 0 Å². The number of hydrogen-bond donors (Lipinski definition) is 2. The second kappa shape index (κ2) is 10.1. The van der Waals surface area contributed by atoms with Gasteiger partial charge in [-0.1, -0.05) is 29.3 Å². The molecule has 10 heteroatoms. The van der Waals surface area contributed by atoms with Crippen LogP contribution < -0.4 is 5.32 Å². The Morgan fingerprint density at radius 1 is 1.19 bits per heavy atom. The fourth-order valence-electron chi connectivity index (χ4n) is 3.25. The van der Waals surface area contributed by atoms with Gasteiger partial charge in [0.25, 0.3) is 0 Å². The van der Waals surface area contributed by atoms with E-state index in [9.17, 15) is 0 Å². The quantitative estimate of drug-likeness (QED) is 0.218. The molecule has 0 saturated heterocycles. The minimum atomic E-state index is 0.461. The SMILES string of the molecule is [C-]#[N+]c1c(-c2ccnc(NCCCOC)c2)sc(-c2ncn[nH]2)c1-c1ccc(Cl)cc1Cl. The van der Waals surface area contributed by atoms with Gasteiger partial charge in [0.05, 0.1) is 11.4 Å². The van der Waals surface area contributed by atoms with Gasteiger partial charge in [-0.05, 0) is 41.8 Å². The maximum Gasteiger partial charge on any atom is 0.213 e. The summed E-state index contributed by atoms with van der Waals surface area (Å²) in [6, 6.07) is 9.07. The molecule has 0 spiro atoms. The van der Waals surface area contributed by atoms with Gasteiger partial charge in [0.2, 0.25) is 5.69 Å². The zero-order valence-electron chi connectivity index (χ0n) is 17.0. The van der Waals surface area contributed by atoms with Gasteiger partial charge in [0.1, 0.15) is 12.1 Å². The van der Waals surface area contributed by atoms with Crippen molar-refractivity contribution in [2.24, 2.45) is 0 Å². The lowest BCUT2D eigenvalue weighted by Gasteiger charge is -2.08. The van der Waals surface area contributed by atoms with Crippen molar-refractivity contribution < 1.29 is 4.74 Å². The summed E-state index contributed by atoms with van der Waals surface area (Å²) in [5.41, 5.74) is 2.78. The van der Waals surface area contributed by atoms with Crippen LogP contribution in [0.1, 0.15) is 6.42 Å². The maximum absolute atomic E-state index is 7.96. The molecule has 0 amide bonds. The van der Waals surface area contributed by atoms with E-state index in [1.807, 2.05) is 18.2 Å². The zero-order valence-corrected chi connectivity index (χ0v) is 19.4. The van der Waals surface area contributed by atoms with E-state index in [1.54, 1.807) is 25.4 Å². The number of halogens is 2. The number of thiophene rings is 1. The van der Waals surface area contributed by atoms with Gasteiger partial charge in [0, 0.05) is 46.9 Å². The first-order chi connectivity index (χ1) is 15.6. The number of aromatic amines is 1. The van der Waals surface area contributed by atoms with Gasteiger partial charge in [-0.3, -0.25) is 5.10 Å². The Bertz CT molecular complexity index is 1270. The zero-order chi connectivity index (χ0) is 22.5. The molecule has 0 saturated carbocycles. The first-order valence-electron chi connectivity index (χ1n) is 9.67. The highest BCUT2D eigenvalue weighted by Crippen LogP contribution is 2.53. The van der Waals surface area contributed by atoms with Crippen LogP contribution in [-0.4, -0.2) is 40.4 Å². The van der Waals surface area contributed by atoms with Crippen molar-refractivity contribution in [2.45, 2.75) is 6.42 Å². The van der Waals surface area contributed by atoms with E-state index in [1.165, 1.54) is 17.7 Å². The highest BCUT2D eigenvalue weighted by Gasteiger charge is 2.25. The number of pyridine rings is 1. The standard InChI is InChI=1S/C22H18Cl2N6OS/c1-25-19-18(15-5-4-14(23)11-16(15)24)21(22-28-12-29-30-22)32-20(19)13-6-8-27-17(10-13)26-7-3-9-31-2/h4-6,8,10-12H,3,7,9H2,2H3,(H,26,27)(H,28,29,30). The number of rotatable bonds is 8. The molecule has 0 unspecified atom stereocenters. The molecule has 32 heavy (non-hydrogen) atoms. The van der Waals surface area contributed by atoms with Crippen LogP contribution in [0.2, 0.25) is 10.0 Å². The lowest BCUT2D eigenvalue weighted by atomic mass is 10.0. The second-order valence-corrected chi connectivity index (χ2v) is 8.62. The Kier molecular flexibility index (Phi) is 7.02. The first-order valence-corrected chi connectivity index (χ1v) is 11.2. The molecule has 0 aliphatic rings. The molecule has 162 valence electrons. The molecule has 0 bridgehead atoms. The van der Waals surface area contributed by atoms with E-state index in [-0.39, 0.29) is 0 Å². The second-order valence-electron chi connectivity index (χ2n) is 6.76. The third-order valence-electron chi connectivity index (χ3n) is 4.68. The normalized spacial score (nSPS) is 10.8. The van der Waals surface area contributed by atoms with E-state index in [4.69, 9.17) is 34.5 Å². The van der Waals surface area contributed by atoms with Crippen LogP contribution in [0.15, 0.2) is 42.9 Å². The van der Waals surface area contributed by atoms with E-state index in [0.29, 0.717) is 39.3 Å². The molecule has 3 heterocycles. The van der Waals surface area contributed by atoms with Crippen LogP contribution >= 0.6 is 34.5 Å². The average molecular weight is 485 g/mol. The Hall–Kier alpha value is -2.96. The summed E-state index contributed by atoms with van der Waals surface area (Å²) in [5.74, 6) is 1.30. The predicted octanol–water partition coefficient (Wildman–Crippen LogP) is 6.57. The van der Waals surface area contributed by atoms with E-state index in [2.05, 4.69) is 30.3 Å². The summed E-state index contributed by atoms with van der Waals surface area (Å²) in [7, 11) is 1.68. The Balaban J connectivity index is 1.83. The number of aromatic nitrogens is 4. The number of hydrogen-bond acceptors (Lipinski definition) is 6. The maximum atomic E-state index is 7.96. The molecule has 4 aromatic rings. The van der Waals surface area contributed by atoms with Crippen molar-refractivity contribution >= 4 is 46.0 Å². The highest BCUT2D eigenvalue weighted by atomic mass is 35.5. The van der Waals surface area contributed by atoms with Crippen LogP contribution in [0.5, 0.6) is 0 Å². The smallest absolute Gasteiger partial charge is 0.213 e. The van der Waals surface area contributed by atoms with Crippen LogP contribution in [0.4, 0.5) is 11.5 Å². The summed E-state index contributed by atoms with van der Waals surface area (Å²) in [5, 5.41) is 11.2. The Morgan fingerprint density at radius 3 is 2.78 bits per heavy atom. The van der Waals surface area contributed by atoms with Gasteiger partial charge in [-0.2, -0.15) is 5.10 Å². The van der Waals surface area contributed by atoms with Crippen LogP contribution in [0, 0.1) is 6.57 Å². The fraction of sp³-hybridized carbons (Fsp3) is 0.182. The summed E-state index contributed by atoms with van der Waals surface area (Å²) in [4.78, 5) is 14.2. The number of H-pyrrole nitrogens is 1. The molecule has 0 atom stereocenters. The molecule has 3 aromatic heterocycles. The third-order valence-corrected chi connectivity index (χ3v) is 6.46. The predicted molar refractivity (Wildman–Crippen MR) is 130 cm³/mol. The molecule has 0 fully saturated rings. The van der Waals surface area contributed by atoms with Crippen LogP contribution in [0.3, 0.4) is 0 Å². The highest BCUT2D eigenvalue weighted by molar-refractivity contribution is 7.20. The topological polar surface area (TPSA) is 80.1 Å². The average Bonchev–Trinajstić information content (AvgIpc) is 3.45. The number of ether oxygens (including phenoxy) is 1. The summed E-state index contributed by atoms with van der Waals surface area (Å²) in [6.07, 6.45) is 4.03. The lowest BCUT2D eigenvalue weighted by molar-refractivity contribution is 0.198. The third kappa shape index (κ3) is 4.61. The van der Waals surface area contributed by atoms with Crippen molar-refractivity contribution in [2.75, 3.05) is 25.6 Å². The van der Waals surface area contributed by atoms with Gasteiger partial charge < -0.3 is 10.1 Å². The van der Waals surface area contributed by atoms with Crippen molar-refractivity contribution in [1.82, 2.24) is 20.2 Å². The van der Waals surface area contributed by atoms with Gasteiger partial charge >= 0.3 is 0 Å². The number of nitrogens with one attached hydrogen (secondary N) is 2. The van der Waals surface area contributed by atoms with Crippen molar-refractivity contribution in [3.05, 3.63) is 64.3 Å². The van der Waals surface area contributed by atoms with E-state index >= 15 is 0 Å². The van der Waals surface area contributed by atoms with Gasteiger partial charge in [-0.15, -0.1) is 11.3 Å². The minimum Gasteiger partial charge on any atom is -0.385 e. The summed E-state index contributed by atoms with van der Waals surface area (Å²) in [6.45, 7) is 9.36. The Labute approximate surface area is 199 Å². The van der Waals surface area contributed by atoms with E-state index < -0.39 is 0 Å².